The summed E-state index contributed by atoms with van der Waals surface area (Å²) < 4.78 is 72.3. The number of carbonyl (C=O) groups is 5. The van der Waals surface area contributed by atoms with Crippen LogP contribution in [0.2, 0.25) is 0 Å². The predicted molar refractivity (Wildman–Crippen MR) is 276 cm³/mol. The van der Waals surface area contributed by atoms with Gasteiger partial charge in [0, 0.05) is 75.9 Å². The molecule has 6 rings (SSSR count). The average molecular weight is 1070 g/mol. The Bertz CT molecular complexity index is 2220. The van der Waals surface area contributed by atoms with Gasteiger partial charge in [-0.15, -0.1) is 11.8 Å². The van der Waals surface area contributed by atoms with Crippen molar-refractivity contribution in [1.29, 1.82) is 0 Å². The fraction of sp³-hybridized carbons (Fsp3) is 0.745. The lowest BCUT2D eigenvalue weighted by atomic mass is 9.70. The highest BCUT2D eigenvalue weighted by molar-refractivity contribution is 8.00. The Balaban J connectivity index is 1.41. The first-order valence-corrected chi connectivity index (χ1v) is 27.4. The fourth-order valence-corrected chi connectivity index (χ4v) is 13.4. The number of ether oxygens (including phenoxy) is 11. The quantitative estimate of drug-likeness (QED) is 0.120. The van der Waals surface area contributed by atoms with Crippen molar-refractivity contribution in [3.05, 3.63) is 54.6 Å². The van der Waals surface area contributed by atoms with Gasteiger partial charge in [0.05, 0.1) is 48.3 Å². The van der Waals surface area contributed by atoms with Crippen LogP contribution in [-0.2, 0) is 84.4 Å². The predicted octanol–water partition coefficient (Wildman–Crippen LogP) is 7.19. The maximum absolute atomic E-state index is 15.2. The van der Waals surface area contributed by atoms with E-state index in [1.807, 2.05) is 102 Å². The van der Waals surface area contributed by atoms with Crippen molar-refractivity contribution in [2.24, 2.45) is 29.6 Å². The Morgan fingerprint density at radius 1 is 0.867 bits per heavy atom. The van der Waals surface area contributed by atoms with Gasteiger partial charge in [-0.2, -0.15) is 0 Å². The minimum atomic E-state index is -1.41. The third-order valence-corrected chi connectivity index (χ3v) is 17.4. The summed E-state index contributed by atoms with van der Waals surface area (Å²) in [4.78, 5) is 76.7. The molecule has 0 radical (unpaired) electrons. The first kappa shape index (κ1) is 60.1. The molecule has 1 aromatic carbocycles. The molecule has 75 heavy (non-hydrogen) atoms. The number of esters is 3. The molecule has 19 atom stereocenters. The number of aromatic nitrogens is 2. The minimum absolute atomic E-state index is 0.00388. The van der Waals surface area contributed by atoms with Crippen LogP contribution in [0.1, 0.15) is 107 Å². The van der Waals surface area contributed by atoms with E-state index in [0.29, 0.717) is 18.7 Å². The van der Waals surface area contributed by atoms with Gasteiger partial charge in [-0.05, 0) is 80.5 Å². The van der Waals surface area contributed by atoms with E-state index in [9.17, 15) is 14.4 Å². The normalized spacial score (nSPS) is 39.0. The number of carbonyl (C=O) groups excluding carboxylic acids is 5. The van der Waals surface area contributed by atoms with Gasteiger partial charge in [-0.1, -0.05) is 58.0 Å². The topological polar surface area (TPSA) is 208 Å². The summed E-state index contributed by atoms with van der Waals surface area (Å²) in [6.07, 6.45) is -3.09. The second-order valence-corrected chi connectivity index (χ2v) is 23.1. The van der Waals surface area contributed by atoms with Gasteiger partial charge < -0.3 is 61.6 Å². The van der Waals surface area contributed by atoms with Gasteiger partial charge in [0.15, 0.2) is 30.4 Å². The molecule has 0 bridgehead atoms. The van der Waals surface area contributed by atoms with Crippen LogP contribution in [0.3, 0.4) is 0 Å². The zero-order valence-corrected chi connectivity index (χ0v) is 47.4. The van der Waals surface area contributed by atoms with Crippen molar-refractivity contribution >= 4 is 41.6 Å². The number of hydrogen-bond donors (Lipinski definition) is 0. The van der Waals surface area contributed by atoms with Crippen LogP contribution in [0.5, 0.6) is 0 Å². The van der Waals surface area contributed by atoms with Gasteiger partial charge in [-0.3, -0.25) is 19.2 Å². The molecule has 0 amide bonds. The van der Waals surface area contributed by atoms with Crippen LogP contribution in [0.15, 0.2) is 49.1 Å². The van der Waals surface area contributed by atoms with Crippen molar-refractivity contribution < 1.29 is 76.1 Å². The molecule has 2 aromatic rings. The summed E-state index contributed by atoms with van der Waals surface area (Å²) in [5.41, 5.74) is -3.15. The van der Waals surface area contributed by atoms with Crippen LogP contribution in [-0.4, -0.2) is 162 Å². The van der Waals surface area contributed by atoms with Crippen LogP contribution in [0, 0.1) is 29.6 Å². The lowest BCUT2D eigenvalue weighted by Crippen LogP contribution is -2.62. The number of imidazole rings is 1. The Kier molecular flexibility index (Phi) is 20.5. The fourth-order valence-electron chi connectivity index (χ4n) is 12.0. The summed E-state index contributed by atoms with van der Waals surface area (Å²) in [5.74, 6) is -5.33. The highest BCUT2D eigenvalue weighted by atomic mass is 32.2. The number of Topliss-reactive ketones (excluding diaryl/α,β-unsaturated/α-hetero) is 1. The number of aryl methyl sites for hydroxylation is 1. The van der Waals surface area contributed by atoms with Crippen molar-refractivity contribution in [2.45, 2.75) is 198 Å². The van der Waals surface area contributed by atoms with E-state index in [1.54, 1.807) is 40.2 Å². The Labute approximate surface area is 447 Å². The molecule has 0 aliphatic carbocycles. The minimum Gasteiger partial charge on any atom is -0.458 e. The van der Waals surface area contributed by atoms with Crippen LogP contribution < -0.4 is 0 Å². The second-order valence-electron chi connectivity index (χ2n) is 21.9. The first-order chi connectivity index (χ1) is 35.4. The van der Waals surface area contributed by atoms with E-state index in [4.69, 9.17) is 52.1 Å². The largest absolute Gasteiger partial charge is 0.509 e. The molecule has 4 fully saturated rings. The lowest BCUT2D eigenvalue weighted by molar-refractivity contribution is -0.320. The number of fused-ring (bicyclic) bond motifs is 1. The molecule has 4 aliphatic rings. The molecule has 0 N–H and O–H groups in total. The molecule has 0 saturated carbocycles. The van der Waals surface area contributed by atoms with Crippen molar-refractivity contribution in [3.8, 4) is 0 Å². The third-order valence-electron chi connectivity index (χ3n) is 16.1. The maximum atomic E-state index is 15.2. The zero-order chi connectivity index (χ0) is 55.2. The van der Waals surface area contributed by atoms with Crippen LogP contribution >= 0.6 is 11.8 Å². The number of ketones is 1. The summed E-state index contributed by atoms with van der Waals surface area (Å²) in [5, 5.41) is -0.768. The number of thioether (sulfide) groups is 1. The molecule has 19 nitrogen and oxygen atoms in total. The summed E-state index contributed by atoms with van der Waals surface area (Å²) >= 11 is 1.40. The Morgan fingerprint density at radius 3 is 2.16 bits per heavy atom. The number of hydrogen-bond acceptors (Lipinski definition) is 19. The standard InChI is InChI=1S/C55H83N3O16S/c1-16-40-55(11)42(46(50(62)74-55)75-25-24-58-23-22-56-30-58)33(4)43(60)31(2)27-53(9,64-14)47(72-51-45(69-37(8)59)39(57(12)13)26-32(3)67-51)34(5)44(35(6)49(61)70-40)71-41-28-54(10,65-15)48(36(7)68-41)73-52(63)66-29-38-20-18-17-19-21-38/h17-23,30-36,39-42,44-48,51H,16,24-29H2,1-15H3/t31-,32-,33-,34+,35-,36+,39+,40-,41+,42+,44+,45-,46+,47-,48+,51+,53-,54-,55-/m1/s1. The van der Waals surface area contributed by atoms with Gasteiger partial charge in [0.2, 0.25) is 0 Å². The molecule has 1 aromatic heterocycles. The second kappa shape index (κ2) is 25.5. The Hall–Kier alpha value is -4.15. The van der Waals surface area contributed by atoms with Crippen molar-refractivity contribution in [1.82, 2.24) is 14.5 Å². The number of methoxy groups -OCH3 is 2. The van der Waals surface area contributed by atoms with Gasteiger partial charge in [-0.25, -0.2) is 9.78 Å². The van der Waals surface area contributed by atoms with Crippen LogP contribution in [0.4, 0.5) is 4.79 Å². The maximum Gasteiger partial charge on any atom is 0.509 e. The SMILES string of the molecule is CC[C@H]1OC(=O)[C@H](C)[C@@H](O[C@H]2C[C@@](C)(OC)[C@@H](OC(=O)OCc3ccccc3)[C@H](C)O2)[C@H](C)[C@@H](O[C@@H]2O[C@H](C)C[C@H](N(C)C)[C@H]2OC(C)=O)[C@](C)(OC)C[C@@H](C)C(=O)[C@H](C)[C@H]2[C@H](SCCn3ccnc3)C(=O)O[C@@]21C. The number of rotatable bonds is 16. The summed E-state index contributed by atoms with van der Waals surface area (Å²) in [6, 6.07) is 8.91. The smallest absolute Gasteiger partial charge is 0.458 e. The highest BCUT2D eigenvalue weighted by Crippen LogP contribution is 2.50. The number of nitrogens with zero attached hydrogens (tertiary/aromatic N) is 3. The summed E-state index contributed by atoms with van der Waals surface area (Å²) in [6.45, 7) is 20.0. The molecule has 0 spiro atoms. The van der Waals surface area contributed by atoms with Crippen molar-refractivity contribution in [3.63, 3.8) is 0 Å². The van der Waals surface area contributed by atoms with E-state index in [1.165, 1.54) is 32.9 Å². The van der Waals surface area contributed by atoms with Gasteiger partial charge in [0.25, 0.3) is 0 Å². The van der Waals surface area contributed by atoms with E-state index in [2.05, 4.69) is 4.98 Å². The number of benzene rings is 1. The lowest BCUT2D eigenvalue weighted by Gasteiger charge is -2.50. The van der Waals surface area contributed by atoms with E-state index in [-0.39, 0.29) is 43.8 Å². The molecule has 420 valence electrons. The molecular formula is C55H83N3O16S. The molecular weight excluding hydrogens is 991 g/mol. The molecule has 4 saturated heterocycles. The zero-order valence-electron chi connectivity index (χ0n) is 46.6. The number of likely N-dealkylation sites (N-methyl/N-ethyl adjacent to an activating group) is 1. The molecule has 0 unspecified atom stereocenters. The monoisotopic (exact) mass is 1070 g/mol. The molecule has 5 heterocycles. The molecule has 4 aliphatic heterocycles. The number of cyclic esters (lactones) is 1. The van der Waals surface area contributed by atoms with E-state index in [0.717, 1.165) is 5.56 Å². The third kappa shape index (κ3) is 13.8. The average Bonchev–Trinajstić information content (AvgIpc) is 3.98. The van der Waals surface area contributed by atoms with E-state index >= 15 is 9.59 Å². The van der Waals surface area contributed by atoms with Gasteiger partial charge >= 0.3 is 24.1 Å². The highest BCUT2D eigenvalue weighted by Gasteiger charge is 2.62. The molecule has 20 heteroatoms. The van der Waals surface area contributed by atoms with Crippen molar-refractivity contribution in [2.75, 3.05) is 34.1 Å². The first-order valence-electron chi connectivity index (χ1n) is 26.4. The van der Waals surface area contributed by atoms with E-state index < -0.39 is 125 Å². The Morgan fingerprint density at radius 2 is 1.55 bits per heavy atom. The van der Waals surface area contributed by atoms with Gasteiger partial charge in [0.1, 0.15) is 29.3 Å². The summed E-state index contributed by atoms with van der Waals surface area (Å²) in [7, 11) is 6.84. The van der Waals surface area contributed by atoms with Crippen LogP contribution in [0.25, 0.3) is 0 Å².